The lowest BCUT2D eigenvalue weighted by molar-refractivity contribution is -0.138. The Labute approximate surface area is 117 Å². The van der Waals surface area contributed by atoms with Crippen LogP contribution in [0.4, 0.5) is 18.9 Å². The van der Waals surface area contributed by atoms with Crippen LogP contribution in [0.1, 0.15) is 30.9 Å². The number of nitrogens with two attached hydrogens (primary N) is 1. The number of benzene rings is 1. The van der Waals surface area contributed by atoms with E-state index in [-0.39, 0.29) is 18.7 Å². The Morgan fingerprint density at radius 1 is 1.25 bits per heavy atom. The van der Waals surface area contributed by atoms with Crippen molar-refractivity contribution in [2.24, 2.45) is 5.73 Å². The number of rotatable bonds is 7. The summed E-state index contributed by atoms with van der Waals surface area (Å²) in [5, 5.41) is 9.06. The van der Waals surface area contributed by atoms with Crippen LogP contribution in [0.5, 0.6) is 0 Å². The van der Waals surface area contributed by atoms with Gasteiger partial charge in [-0.3, -0.25) is 0 Å². The van der Waals surface area contributed by atoms with Crippen molar-refractivity contribution in [2.75, 3.05) is 24.6 Å². The molecule has 0 radical (unpaired) electrons. The minimum atomic E-state index is -4.39. The van der Waals surface area contributed by atoms with Crippen molar-refractivity contribution < 1.29 is 18.3 Å². The van der Waals surface area contributed by atoms with E-state index < -0.39 is 11.7 Å². The highest BCUT2D eigenvalue weighted by Gasteiger charge is 2.33. The summed E-state index contributed by atoms with van der Waals surface area (Å²) >= 11 is 0. The number of hydrogen-bond acceptors (Lipinski definition) is 3. The second kappa shape index (κ2) is 7.50. The van der Waals surface area contributed by atoms with E-state index >= 15 is 0 Å². The lowest BCUT2D eigenvalue weighted by Crippen LogP contribution is -2.28. The van der Waals surface area contributed by atoms with E-state index in [1.165, 1.54) is 12.1 Å². The molecule has 0 aliphatic rings. The van der Waals surface area contributed by atoms with Crippen LogP contribution in [0, 0.1) is 0 Å². The number of nitrogens with zero attached hydrogens (tertiary/aromatic N) is 1. The molecular formula is C14H21F3N2O. The maximum Gasteiger partial charge on any atom is 0.416 e. The number of halogens is 3. The van der Waals surface area contributed by atoms with Crippen molar-refractivity contribution in [3.05, 3.63) is 29.3 Å². The third-order valence-electron chi connectivity index (χ3n) is 3.13. The van der Waals surface area contributed by atoms with Gasteiger partial charge in [0.15, 0.2) is 0 Å². The van der Waals surface area contributed by atoms with E-state index in [1.807, 2.05) is 11.8 Å². The van der Waals surface area contributed by atoms with Crippen molar-refractivity contribution >= 4 is 5.69 Å². The summed E-state index contributed by atoms with van der Waals surface area (Å²) in [6, 6.07) is 3.97. The standard InChI is InChI=1S/C14H21F3N2O/c1-2-3-6-19(7-8-20)12-4-5-13(14(15,16)17)11(9-12)10-18/h4-5,9,20H,2-3,6-8,10,18H2,1H3. The second-order valence-corrected chi connectivity index (χ2v) is 4.61. The third kappa shape index (κ3) is 4.38. The normalized spacial score (nSPS) is 11.7. The van der Waals surface area contributed by atoms with Gasteiger partial charge in [-0.1, -0.05) is 13.3 Å². The molecule has 20 heavy (non-hydrogen) atoms. The molecule has 3 nitrogen and oxygen atoms in total. The summed E-state index contributed by atoms with van der Waals surface area (Å²) in [7, 11) is 0. The first-order chi connectivity index (χ1) is 9.43. The van der Waals surface area contributed by atoms with Crippen molar-refractivity contribution in [3.63, 3.8) is 0 Å². The Morgan fingerprint density at radius 3 is 2.45 bits per heavy atom. The topological polar surface area (TPSA) is 49.5 Å². The molecule has 114 valence electrons. The Balaban J connectivity index is 3.05. The predicted molar refractivity (Wildman–Crippen MR) is 73.5 cm³/mol. The zero-order valence-corrected chi connectivity index (χ0v) is 11.6. The highest BCUT2D eigenvalue weighted by molar-refractivity contribution is 5.51. The fourth-order valence-corrected chi connectivity index (χ4v) is 2.06. The number of anilines is 1. The van der Waals surface area contributed by atoms with Gasteiger partial charge in [0.1, 0.15) is 0 Å². The van der Waals surface area contributed by atoms with Crippen molar-refractivity contribution in [2.45, 2.75) is 32.5 Å². The van der Waals surface area contributed by atoms with E-state index in [9.17, 15) is 13.2 Å². The Kier molecular flexibility index (Phi) is 6.29. The summed E-state index contributed by atoms with van der Waals surface area (Å²) < 4.78 is 38.4. The van der Waals surface area contributed by atoms with Crippen LogP contribution < -0.4 is 10.6 Å². The van der Waals surface area contributed by atoms with Gasteiger partial charge in [-0.2, -0.15) is 13.2 Å². The molecule has 1 aromatic rings. The molecule has 0 atom stereocenters. The zero-order valence-electron chi connectivity index (χ0n) is 11.6. The van der Waals surface area contributed by atoms with Gasteiger partial charge in [-0.05, 0) is 30.2 Å². The molecule has 0 heterocycles. The Morgan fingerprint density at radius 2 is 1.95 bits per heavy atom. The quantitative estimate of drug-likeness (QED) is 0.812. The first kappa shape index (κ1) is 16.8. The van der Waals surface area contributed by atoms with Gasteiger partial charge in [-0.15, -0.1) is 0 Å². The molecule has 0 aliphatic carbocycles. The van der Waals surface area contributed by atoms with Crippen LogP contribution in [-0.4, -0.2) is 24.8 Å². The van der Waals surface area contributed by atoms with Crippen LogP contribution in [-0.2, 0) is 12.7 Å². The largest absolute Gasteiger partial charge is 0.416 e. The Hall–Kier alpha value is -1.27. The lowest BCUT2D eigenvalue weighted by Gasteiger charge is -2.25. The number of unbranched alkanes of at least 4 members (excludes halogenated alkanes) is 1. The SMILES string of the molecule is CCCCN(CCO)c1ccc(C(F)(F)F)c(CN)c1. The van der Waals surface area contributed by atoms with Gasteiger partial charge in [0.25, 0.3) is 0 Å². The maximum absolute atomic E-state index is 12.8. The smallest absolute Gasteiger partial charge is 0.395 e. The van der Waals surface area contributed by atoms with E-state index in [4.69, 9.17) is 10.8 Å². The number of alkyl halides is 3. The number of hydrogen-bond donors (Lipinski definition) is 2. The molecule has 0 spiro atoms. The average Bonchev–Trinajstić information content (AvgIpc) is 2.41. The summed E-state index contributed by atoms with van der Waals surface area (Å²) in [6.07, 6.45) is -2.50. The average molecular weight is 290 g/mol. The van der Waals surface area contributed by atoms with Crippen LogP contribution in [0.2, 0.25) is 0 Å². The molecule has 0 bridgehead atoms. The molecule has 0 aromatic heterocycles. The molecule has 1 aromatic carbocycles. The summed E-state index contributed by atoms with van der Waals surface area (Å²) in [5.74, 6) is 0. The molecule has 0 saturated carbocycles. The zero-order chi connectivity index (χ0) is 15.2. The monoisotopic (exact) mass is 290 g/mol. The van der Waals surface area contributed by atoms with E-state index in [0.29, 0.717) is 18.8 Å². The van der Waals surface area contributed by atoms with E-state index in [2.05, 4.69) is 0 Å². The first-order valence-electron chi connectivity index (χ1n) is 6.70. The highest BCUT2D eigenvalue weighted by Crippen LogP contribution is 2.33. The second-order valence-electron chi connectivity index (χ2n) is 4.61. The summed E-state index contributed by atoms with van der Waals surface area (Å²) in [6.45, 7) is 2.93. The number of aliphatic hydroxyl groups is 1. The predicted octanol–water partition coefficient (Wildman–Crippen LogP) is 2.76. The fourth-order valence-electron chi connectivity index (χ4n) is 2.06. The lowest BCUT2D eigenvalue weighted by atomic mass is 10.1. The van der Waals surface area contributed by atoms with E-state index in [1.54, 1.807) is 0 Å². The van der Waals surface area contributed by atoms with Gasteiger partial charge in [0.2, 0.25) is 0 Å². The molecular weight excluding hydrogens is 269 g/mol. The summed E-state index contributed by atoms with van der Waals surface area (Å²) in [5.41, 5.74) is 5.48. The van der Waals surface area contributed by atoms with Gasteiger partial charge in [0.05, 0.1) is 12.2 Å². The van der Waals surface area contributed by atoms with Crippen LogP contribution in [0.15, 0.2) is 18.2 Å². The first-order valence-corrected chi connectivity index (χ1v) is 6.70. The van der Waals surface area contributed by atoms with Crippen LogP contribution >= 0.6 is 0 Å². The highest BCUT2D eigenvalue weighted by atomic mass is 19.4. The number of aliphatic hydroxyl groups excluding tert-OH is 1. The van der Waals surface area contributed by atoms with Gasteiger partial charge in [-0.25, -0.2) is 0 Å². The minimum Gasteiger partial charge on any atom is -0.395 e. The van der Waals surface area contributed by atoms with E-state index in [0.717, 1.165) is 18.9 Å². The molecule has 1 rings (SSSR count). The van der Waals surface area contributed by atoms with Gasteiger partial charge in [0, 0.05) is 25.3 Å². The van der Waals surface area contributed by atoms with Gasteiger partial charge < -0.3 is 15.7 Å². The summed E-state index contributed by atoms with van der Waals surface area (Å²) in [4.78, 5) is 1.88. The van der Waals surface area contributed by atoms with Crippen molar-refractivity contribution in [1.29, 1.82) is 0 Å². The molecule has 0 fully saturated rings. The molecule has 0 aliphatic heterocycles. The molecule has 3 N–H and O–H groups in total. The fraction of sp³-hybridized carbons (Fsp3) is 0.571. The van der Waals surface area contributed by atoms with Crippen molar-refractivity contribution in [1.82, 2.24) is 0 Å². The molecule has 6 heteroatoms. The molecule has 0 saturated heterocycles. The van der Waals surface area contributed by atoms with Gasteiger partial charge >= 0.3 is 6.18 Å². The van der Waals surface area contributed by atoms with Crippen LogP contribution in [0.25, 0.3) is 0 Å². The Bertz CT molecular complexity index is 421. The van der Waals surface area contributed by atoms with Crippen molar-refractivity contribution in [3.8, 4) is 0 Å². The minimum absolute atomic E-state index is 0.0390. The van der Waals surface area contributed by atoms with Crippen LogP contribution in [0.3, 0.4) is 0 Å². The molecule has 0 unspecified atom stereocenters. The molecule has 0 amide bonds. The maximum atomic E-state index is 12.8. The third-order valence-corrected chi connectivity index (χ3v) is 3.13.